The van der Waals surface area contributed by atoms with Gasteiger partial charge in [-0.2, -0.15) is 10.5 Å². The van der Waals surface area contributed by atoms with Crippen molar-refractivity contribution >= 4 is 33.8 Å². The fourth-order valence-electron chi connectivity index (χ4n) is 4.39. The zero-order valence-corrected chi connectivity index (χ0v) is 18.0. The number of fused-ring (bicyclic) bond motifs is 1. The summed E-state index contributed by atoms with van der Waals surface area (Å²) in [5.41, 5.74) is 3.95. The summed E-state index contributed by atoms with van der Waals surface area (Å²) < 4.78 is 0. The summed E-state index contributed by atoms with van der Waals surface area (Å²) in [6.07, 6.45) is 10.0. The van der Waals surface area contributed by atoms with Gasteiger partial charge >= 0.3 is 0 Å². The van der Waals surface area contributed by atoms with Crippen LogP contribution in [0.25, 0.3) is 11.1 Å². The van der Waals surface area contributed by atoms with E-state index in [0.717, 1.165) is 32.7 Å². The number of allylic oxidation sites excluding steroid dienone is 8. The lowest BCUT2D eigenvalue weighted by Gasteiger charge is -2.23. The van der Waals surface area contributed by atoms with E-state index in [2.05, 4.69) is 58.0 Å². The molecule has 1 atom stereocenters. The second-order valence-electron chi connectivity index (χ2n) is 7.30. The average molecular weight is 401 g/mol. The maximum absolute atomic E-state index is 10.3. The standard InChI is InChI=1S/C24H20N2S2/c1-14-10-19(16(3)27-14)22-18-8-6-5-7-9-21(18)24(12-25,13-26)23(22)20-11-15(2)28-17(20)4/h5-11,21H,1-4H3. The fraction of sp³-hybridized carbons (Fsp3) is 0.250. The summed E-state index contributed by atoms with van der Waals surface area (Å²) in [5.74, 6) is -0.276. The molecular formula is C24H20N2S2. The van der Waals surface area contributed by atoms with Crippen molar-refractivity contribution in [3.05, 3.63) is 78.7 Å². The first kappa shape index (κ1) is 18.7. The Morgan fingerprint density at radius 3 is 2.00 bits per heavy atom. The van der Waals surface area contributed by atoms with Gasteiger partial charge in [-0.25, -0.2) is 0 Å². The minimum absolute atomic E-state index is 0.276. The molecule has 0 aromatic carbocycles. The van der Waals surface area contributed by atoms with Gasteiger partial charge in [0.15, 0.2) is 5.41 Å². The summed E-state index contributed by atoms with van der Waals surface area (Å²) in [7, 11) is 0. The number of hydrogen-bond donors (Lipinski definition) is 0. The first-order valence-corrected chi connectivity index (χ1v) is 10.8. The molecule has 2 heterocycles. The van der Waals surface area contributed by atoms with Crippen LogP contribution in [0.5, 0.6) is 0 Å². The quantitative estimate of drug-likeness (QED) is 0.565. The molecule has 2 nitrogen and oxygen atoms in total. The van der Waals surface area contributed by atoms with Crippen LogP contribution in [0.2, 0.25) is 0 Å². The van der Waals surface area contributed by atoms with Crippen molar-refractivity contribution in [2.75, 3.05) is 0 Å². The maximum atomic E-state index is 10.3. The van der Waals surface area contributed by atoms with Crippen LogP contribution >= 0.6 is 22.7 Å². The first-order chi connectivity index (χ1) is 13.4. The summed E-state index contributed by atoms with van der Waals surface area (Å²) in [4.78, 5) is 4.80. The molecule has 4 rings (SSSR count). The monoisotopic (exact) mass is 400 g/mol. The molecule has 2 aliphatic carbocycles. The first-order valence-electron chi connectivity index (χ1n) is 9.20. The molecule has 28 heavy (non-hydrogen) atoms. The predicted molar refractivity (Wildman–Crippen MR) is 118 cm³/mol. The van der Waals surface area contributed by atoms with E-state index < -0.39 is 5.41 Å². The molecule has 138 valence electrons. The van der Waals surface area contributed by atoms with Crippen LogP contribution < -0.4 is 0 Å². The van der Waals surface area contributed by atoms with Gasteiger partial charge in [0, 0.05) is 31.0 Å². The highest BCUT2D eigenvalue weighted by Crippen LogP contribution is 2.60. The fourth-order valence-corrected chi connectivity index (χ4v) is 6.25. The van der Waals surface area contributed by atoms with Crippen molar-refractivity contribution in [1.82, 2.24) is 0 Å². The van der Waals surface area contributed by atoms with Crippen LogP contribution in [-0.4, -0.2) is 0 Å². The minimum atomic E-state index is -1.23. The molecule has 2 aromatic heterocycles. The van der Waals surface area contributed by atoms with Gasteiger partial charge in [-0.05, 0) is 62.1 Å². The topological polar surface area (TPSA) is 47.6 Å². The highest BCUT2D eigenvalue weighted by Gasteiger charge is 2.53. The van der Waals surface area contributed by atoms with Crippen LogP contribution in [0, 0.1) is 61.7 Å². The lowest BCUT2D eigenvalue weighted by Crippen LogP contribution is -2.24. The normalized spacial score (nSPS) is 19.8. The van der Waals surface area contributed by atoms with Gasteiger partial charge in [0.1, 0.15) is 0 Å². The highest BCUT2D eigenvalue weighted by atomic mass is 32.1. The predicted octanol–water partition coefficient (Wildman–Crippen LogP) is 6.67. The second-order valence-corrected chi connectivity index (χ2v) is 10.2. The summed E-state index contributed by atoms with van der Waals surface area (Å²) in [6.45, 7) is 8.40. The number of thiophene rings is 2. The van der Waals surface area contributed by atoms with Crippen molar-refractivity contribution in [3.8, 4) is 12.1 Å². The lowest BCUT2D eigenvalue weighted by molar-refractivity contribution is 0.579. The van der Waals surface area contributed by atoms with Gasteiger partial charge < -0.3 is 0 Å². The van der Waals surface area contributed by atoms with Crippen molar-refractivity contribution in [2.24, 2.45) is 11.3 Å². The number of rotatable bonds is 2. The Morgan fingerprint density at radius 1 is 0.857 bits per heavy atom. The largest absolute Gasteiger partial charge is 0.196 e. The maximum Gasteiger partial charge on any atom is 0.180 e. The molecule has 0 amide bonds. The van der Waals surface area contributed by atoms with E-state index in [4.69, 9.17) is 0 Å². The number of nitriles is 2. The Labute approximate surface area is 174 Å². The van der Waals surface area contributed by atoms with Crippen LogP contribution in [0.4, 0.5) is 0 Å². The zero-order chi connectivity index (χ0) is 20.1. The third-order valence-corrected chi connectivity index (χ3v) is 7.44. The van der Waals surface area contributed by atoms with Crippen LogP contribution in [0.15, 0.2) is 48.1 Å². The molecule has 0 aliphatic heterocycles. The second kappa shape index (κ2) is 6.74. The summed E-state index contributed by atoms with van der Waals surface area (Å²) in [6, 6.07) is 9.21. The molecule has 0 bridgehead atoms. The Kier molecular flexibility index (Phi) is 4.50. The SMILES string of the molecule is Cc1cc(C2=C(c3cc(C)sc3C)C(C#N)(C#N)C3C=CC=CC=C23)c(C)s1. The van der Waals surface area contributed by atoms with Gasteiger partial charge in [0.25, 0.3) is 0 Å². The molecule has 2 aliphatic rings. The molecule has 0 N–H and O–H groups in total. The Morgan fingerprint density at radius 2 is 1.46 bits per heavy atom. The minimum Gasteiger partial charge on any atom is -0.196 e. The van der Waals surface area contributed by atoms with Gasteiger partial charge in [-0.15, -0.1) is 22.7 Å². The summed E-state index contributed by atoms with van der Waals surface area (Å²) >= 11 is 3.48. The van der Waals surface area contributed by atoms with Gasteiger partial charge in [-0.1, -0.05) is 30.4 Å². The third-order valence-electron chi connectivity index (χ3n) is 5.51. The molecule has 2 aromatic rings. The number of aryl methyl sites for hydroxylation is 4. The van der Waals surface area contributed by atoms with E-state index >= 15 is 0 Å². The average Bonchev–Trinajstić information content (AvgIpc) is 3.16. The van der Waals surface area contributed by atoms with E-state index in [1.54, 1.807) is 22.7 Å². The smallest absolute Gasteiger partial charge is 0.180 e. The molecule has 0 radical (unpaired) electrons. The third kappa shape index (κ3) is 2.57. The molecule has 0 saturated carbocycles. The molecule has 0 fully saturated rings. The van der Waals surface area contributed by atoms with Crippen molar-refractivity contribution in [1.29, 1.82) is 10.5 Å². The zero-order valence-electron chi connectivity index (χ0n) is 16.3. The number of nitrogens with zero attached hydrogens (tertiary/aromatic N) is 2. The highest BCUT2D eigenvalue weighted by molar-refractivity contribution is 7.12. The molecule has 0 saturated heterocycles. The molecule has 1 unspecified atom stereocenters. The van der Waals surface area contributed by atoms with Gasteiger partial charge in [-0.3, -0.25) is 0 Å². The Bertz CT molecular complexity index is 1170. The van der Waals surface area contributed by atoms with Gasteiger partial charge in [0.05, 0.1) is 12.1 Å². The van der Waals surface area contributed by atoms with Crippen molar-refractivity contribution in [2.45, 2.75) is 27.7 Å². The van der Waals surface area contributed by atoms with Crippen molar-refractivity contribution < 1.29 is 0 Å². The van der Waals surface area contributed by atoms with E-state index in [0.29, 0.717) is 0 Å². The Balaban J connectivity index is 2.18. The van der Waals surface area contributed by atoms with E-state index in [9.17, 15) is 10.5 Å². The summed E-state index contributed by atoms with van der Waals surface area (Å²) in [5, 5.41) is 20.7. The molecular weight excluding hydrogens is 380 g/mol. The van der Waals surface area contributed by atoms with Crippen LogP contribution in [0.3, 0.4) is 0 Å². The van der Waals surface area contributed by atoms with Crippen LogP contribution in [-0.2, 0) is 0 Å². The molecule has 0 spiro atoms. The Hall–Kier alpha value is -2.66. The van der Waals surface area contributed by atoms with E-state index in [-0.39, 0.29) is 5.92 Å². The lowest BCUT2D eigenvalue weighted by atomic mass is 9.73. The van der Waals surface area contributed by atoms with Crippen LogP contribution in [0.1, 0.15) is 30.6 Å². The molecule has 4 heteroatoms. The van der Waals surface area contributed by atoms with E-state index in [1.807, 2.05) is 24.3 Å². The number of hydrogen-bond acceptors (Lipinski definition) is 4. The van der Waals surface area contributed by atoms with E-state index in [1.165, 1.54) is 14.6 Å². The van der Waals surface area contributed by atoms with Gasteiger partial charge in [0.2, 0.25) is 0 Å². The van der Waals surface area contributed by atoms with Crippen molar-refractivity contribution in [3.63, 3.8) is 0 Å².